The van der Waals surface area contributed by atoms with Gasteiger partial charge in [0.25, 0.3) is 0 Å². The highest BCUT2D eigenvalue weighted by atomic mass is 35.5. The van der Waals surface area contributed by atoms with E-state index in [1.807, 2.05) is 0 Å². The molecule has 0 radical (unpaired) electrons. The summed E-state index contributed by atoms with van der Waals surface area (Å²) in [5, 5.41) is 0.533. The number of nitrogens with zero attached hydrogens (tertiary/aromatic N) is 1. The lowest BCUT2D eigenvalue weighted by Crippen LogP contribution is -2.44. The van der Waals surface area contributed by atoms with Crippen LogP contribution in [0.25, 0.3) is 0 Å². The van der Waals surface area contributed by atoms with Crippen molar-refractivity contribution in [1.82, 2.24) is 9.62 Å². The van der Waals surface area contributed by atoms with Gasteiger partial charge >= 0.3 is 0 Å². The first kappa shape index (κ1) is 15.8. The maximum Gasteiger partial charge on any atom is 0.240 e. The van der Waals surface area contributed by atoms with E-state index >= 15 is 0 Å². The molecule has 0 aliphatic carbocycles. The zero-order valence-electron chi connectivity index (χ0n) is 11.7. The van der Waals surface area contributed by atoms with Crippen molar-refractivity contribution in [2.75, 3.05) is 19.6 Å². The number of likely N-dealkylation sites (tertiary alicyclic amines) is 1. The molecule has 2 rings (SSSR count). The van der Waals surface area contributed by atoms with E-state index in [-0.39, 0.29) is 10.9 Å². The average Bonchev–Trinajstić information content (AvgIpc) is 2.46. The first-order valence-electron chi connectivity index (χ1n) is 6.98. The van der Waals surface area contributed by atoms with Crippen molar-refractivity contribution in [3.05, 3.63) is 29.3 Å². The van der Waals surface area contributed by atoms with Gasteiger partial charge in [-0.1, -0.05) is 18.0 Å². The molecule has 0 bridgehead atoms. The van der Waals surface area contributed by atoms with Crippen LogP contribution in [0.1, 0.15) is 26.2 Å². The lowest BCUT2D eigenvalue weighted by atomic mass is 10.1. The molecule has 1 aliphatic rings. The Morgan fingerprint density at radius 2 is 1.80 bits per heavy atom. The summed E-state index contributed by atoms with van der Waals surface area (Å²) < 4.78 is 27.0. The van der Waals surface area contributed by atoms with Crippen LogP contribution in [0, 0.1) is 0 Å². The molecule has 20 heavy (non-hydrogen) atoms. The summed E-state index contributed by atoms with van der Waals surface area (Å²) in [6, 6.07) is 6.44. The van der Waals surface area contributed by atoms with Gasteiger partial charge in [-0.2, -0.15) is 0 Å². The molecule has 6 heteroatoms. The van der Waals surface area contributed by atoms with E-state index in [1.54, 1.807) is 12.1 Å². The second-order valence-corrected chi connectivity index (χ2v) is 7.45. The molecule has 1 N–H and O–H groups in total. The SMILES string of the molecule is CC(CNS(=O)(=O)c1ccc(Cl)cc1)N1CCCCC1. The zero-order chi connectivity index (χ0) is 14.6. The minimum Gasteiger partial charge on any atom is -0.299 e. The minimum absolute atomic E-state index is 0.220. The Morgan fingerprint density at radius 3 is 2.40 bits per heavy atom. The molecular formula is C14H21ClN2O2S. The van der Waals surface area contributed by atoms with Gasteiger partial charge in [0.1, 0.15) is 0 Å². The fourth-order valence-electron chi connectivity index (χ4n) is 2.42. The molecule has 1 heterocycles. The average molecular weight is 317 g/mol. The zero-order valence-corrected chi connectivity index (χ0v) is 13.3. The monoisotopic (exact) mass is 316 g/mol. The molecule has 0 spiro atoms. The van der Waals surface area contributed by atoms with E-state index in [2.05, 4.69) is 16.5 Å². The standard InChI is InChI=1S/C14H21ClN2O2S/c1-12(17-9-3-2-4-10-17)11-16-20(18,19)14-7-5-13(15)6-8-14/h5-8,12,16H,2-4,9-11H2,1H3. The van der Waals surface area contributed by atoms with Crippen LogP contribution < -0.4 is 4.72 Å². The predicted octanol–water partition coefficient (Wildman–Crippen LogP) is 2.49. The Morgan fingerprint density at radius 1 is 1.20 bits per heavy atom. The molecule has 1 aromatic rings. The summed E-state index contributed by atoms with van der Waals surface area (Å²) in [4.78, 5) is 2.60. The van der Waals surface area contributed by atoms with E-state index in [0.29, 0.717) is 11.6 Å². The molecule has 1 unspecified atom stereocenters. The van der Waals surface area contributed by atoms with Crippen LogP contribution in [0.15, 0.2) is 29.2 Å². The molecule has 1 atom stereocenters. The van der Waals surface area contributed by atoms with E-state index in [9.17, 15) is 8.42 Å². The fourth-order valence-corrected chi connectivity index (χ4v) is 3.66. The van der Waals surface area contributed by atoms with Crippen LogP contribution in [0.5, 0.6) is 0 Å². The van der Waals surface area contributed by atoms with E-state index in [1.165, 1.54) is 31.4 Å². The largest absolute Gasteiger partial charge is 0.299 e. The number of piperidine rings is 1. The number of hydrogen-bond donors (Lipinski definition) is 1. The lowest BCUT2D eigenvalue weighted by Gasteiger charge is -2.32. The maximum atomic E-state index is 12.2. The lowest BCUT2D eigenvalue weighted by molar-refractivity contribution is 0.175. The van der Waals surface area contributed by atoms with Gasteiger partial charge in [-0.3, -0.25) is 4.90 Å². The highest BCUT2D eigenvalue weighted by Gasteiger charge is 2.20. The van der Waals surface area contributed by atoms with Crippen molar-refractivity contribution >= 4 is 21.6 Å². The van der Waals surface area contributed by atoms with Crippen molar-refractivity contribution in [2.24, 2.45) is 0 Å². The Kier molecular flexibility index (Phi) is 5.43. The quantitative estimate of drug-likeness (QED) is 0.908. The van der Waals surface area contributed by atoms with Crippen molar-refractivity contribution in [3.8, 4) is 0 Å². The van der Waals surface area contributed by atoms with Crippen LogP contribution in [-0.2, 0) is 10.0 Å². The summed E-state index contributed by atoms with van der Waals surface area (Å²) in [6.07, 6.45) is 3.68. The Bertz CT molecular complexity index is 525. The smallest absolute Gasteiger partial charge is 0.240 e. The van der Waals surface area contributed by atoms with Crippen LogP contribution in [0.2, 0.25) is 5.02 Å². The summed E-state index contributed by atoms with van der Waals surface area (Å²) in [5.74, 6) is 0. The molecule has 112 valence electrons. The summed E-state index contributed by atoms with van der Waals surface area (Å²) in [5.41, 5.74) is 0. The molecule has 1 aliphatic heterocycles. The van der Waals surface area contributed by atoms with E-state index in [0.717, 1.165) is 13.1 Å². The van der Waals surface area contributed by atoms with Gasteiger partial charge < -0.3 is 0 Å². The number of nitrogens with one attached hydrogen (secondary N) is 1. The van der Waals surface area contributed by atoms with Crippen molar-refractivity contribution in [3.63, 3.8) is 0 Å². The third kappa shape index (κ3) is 4.19. The minimum atomic E-state index is -3.45. The van der Waals surface area contributed by atoms with Crippen LogP contribution in [0.4, 0.5) is 0 Å². The summed E-state index contributed by atoms with van der Waals surface area (Å²) in [6.45, 7) is 4.62. The van der Waals surface area contributed by atoms with Crippen LogP contribution in [-0.4, -0.2) is 39.0 Å². The van der Waals surface area contributed by atoms with Crippen LogP contribution in [0.3, 0.4) is 0 Å². The van der Waals surface area contributed by atoms with Gasteiger partial charge in [0, 0.05) is 17.6 Å². The van der Waals surface area contributed by atoms with Crippen LogP contribution >= 0.6 is 11.6 Å². The predicted molar refractivity (Wildman–Crippen MR) is 81.5 cm³/mol. The first-order valence-corrected chi connectivity index (χ1v) is 8.84. The highest BCUT2D eigenvalue weighted by Crippen LogP contribution is 2.15. The van der Waals surface area contributed by atoms with Gasteiger partial charge in [-0.25, -0.2) is 13.1 Å². The topological polar surface area (TPSA) is 49.4 Å². The Balaban J connectivity index is 1.93. The van der Waals surface area contributed by atoms with Gasteiger partial charge in [-0.05, 0) is 57.1 Å². The third-order valence-corrected chi connectivity index (χ3v) is 5.40. The van der Waals surface area contributed by atoms with Gasteiger partial charge in [0.15, 0.2) is 0 Å². The molecule has 1 aromatic carbocycles. The molecule has 1 saturated heterocycles. The van der Waals surface area contributed by atoms with Crippen molar-refractivity contribution in [1.29, 1.82) is 0 Å². The molecule has 4 nitrogen and oxygen atoms in total. The van der Waals surface area contributed by atoms with E-state index < -0.39 is 10.0 Å². The van der Waals surface area contributed by atoms with Gasteiger partial charge in [0.2, 0.25) is 10.0 Å². The Labute approximate surface area is 126 Å². The first-order chi connectivity index (χ1) is 9.49. The number of hydrogen-bond acceptors (Lipinski definition) is 3. The normalized spacial score (nSPS) is 18.9. The summed E-state index contributed by atoms with van der Waals surface area (Å²) in [7, 11) is -3.45. The van der Waals surface area contributed by atoms with Gasteiger partial charge in [-0.15, -0.1) is 0 Å². The molecule has 0 aromatic heterocycles. The number of benzene rings is 1. The second-order valence-electron chi connectivity index (χ2n) is 5.25. The molecule has 0 amide bonds. The third-order valence-electron chi connectivity index (χ3n) is 3.71. The van der Waals surface area contributed by atoms with Crippen molar-refractivity contribution in [2.45, 2.75) is 37.1 Å². The van der Waals surface area contributed by atoms with E-state index in [4.69, 9.17) is 11.6 Å². The summed E-state index contributed by atoms with van der Waals surface area (Å²) >= 11 is 5.77. The molecular weight excluding hydrogens is 296 g/mol. The second kappa shape index (κ2) is 6.89. The number of halogens is 1. The highest BCUT2D eigenvalue weighted by molar-refractivity contribution is 7.89. The number of sulfonamides is 1. The van der Waals surface area contributed by atoms with Crippen molar-refractivity contribution < 1.29 is 8.42 Å². The molecule has 0 saturated carbocycles. The Hall–Kier alpha value is -0.620. The number of rotatable bonds is 5. The van der Waals surface area contributed by atoms with Gasteiger partial charge in [0.05, 0.1) is 4.90 Å². The molecule has 1 fully saturated rings. The fraction of sp³-hybridized carbons (Fsp3) is 0.571. The maximum absolute atomic E-state index is 12.2.